The van der Waals surface area contributed by atoms with E-state index in [-0.39, 0.29) is 0 Å². The minimum Gasteiger partial charge on any atom is -0.493 e. The van der Waals surface area contributed by atoms with Crippen LogP contribution in [0.3, 0.4) is 0 Å². The Labute approximate surface area is 142 Å². The molecule has 1 aromatic heterocycles. The van der Waals surface area contributed by atoms with Crippen LogP contribution >= 0.6 is 0 Å². The van der Waals surface area contributed by atoms with Gasteiger partial charge < -0.3 is 15.4 Å². The van der Waals surface area contributed by atoms with Crippen molar-refractivity contribution in [2.45, 2.75) is 12.8 Å². The number of hydrogen-bond donors (Lipinski definition) is 1. The fourth-order valence-electron chi connectivity index (χ4n) is 3.08. The Kier molecular flexibility index (Phi) is 4.85. The Morgan fingerprint density at radius 3 is 2.67 bits per heavy atom. The summed E-state index contributed by atoms with van der Waals surface area (Å²) in [6, 6.07) is 7.23. The minimum absolute atomic E-state index is 0.444. The van der Waals surface area contributed by atoms with E-state index < -0.39 is 5.91 Å². The summed E-state index contributed by atoms with van der Waals surface area (Å²) in [7, 11) is 4.02. The molecule has 1 aliphatic heterocycles. The van der Waals surface area contributed by atoms with Crippen molar-refractivity contribution in [3.63, 3.8) is 0 Å². The summed E-state index contributed by atoms with van der Waals surface area (Å²) in [6.45, 7) is 2.92. The summed E-state index contributed by atoms with van der Waals surface area (Å²) in [6.07, 6.45) is 4.03. The number of nitrogens with zero attached hydrogens (tertiary/aromatic N) is 3. The predicted molar refractivity (Wildman–Crippen MR) is 92.9 cm³/mol. The maximum Gasteiger partial charge on any atom is 0.248 e. The van der Waals surface area contributed by atoms with E-state index in [2.05, 4.69) is 17.0 Å². The van der Waals surface area contributed by atoms with Crippen LogP contribution in [-0.2, 0) is 7.05 Å². The number of aryl methyl sites for hydroxylation is 1. The van der Waals surface area contributed by atoms with Crippen LogP contribution in [0.4, 0.5) is 0 Å². The highest BCUT2D eigenvalue weighted by molar-refractivity contribution is 5.94. The summed E-state index contributed by atoms with van der Waals surface area (Å²) in [5.41, 5.74) is 7.64. The maximum atomic E-state index is 11.5. The lowest BCUT2D eigenvalue weighted by Crippen LogP contribution is -2.32. The maximum absolute atomic E-state index is 11.5. The Balaban J connectivity index is 1.81. The molecule has 0 spiro atoms. The highest BCUT2D eigenvalue weighted by atomic mass is 16.5. The first-order valence-electron chi connectivity index (χ1n) is 8.28. The van der Waals surface area contributed by atoms with E-state index in [9.17, 15) is 4.79 Å². The Hall–Kier alpha value is -2.34. The standard InChI is InChI=1S/C18H24N4O2/c1-21-9-6-13(7-10-21)12-24-17-4-3-14(18(19)23)11-15(17)16-5-8-20-22(16)2/h3-5,8,11,13H,6-7,9-10,12H2,1-2H3,(H2,19,23). The monoisotopic (exact) mass is 328 g/mol. The quantitative estimate of drug-likeness (QED) is 0.910. The molecule has 128 valence electrons. The van der Waals surface area contributed by atoms with Crippen molar-refractivity contribution < 1.29 is 9.53 Å². The fourth-order valence-corrected chi connectivity index (χ4v) is 3.08. The number of nitrogens with two attached hydrogens (primary N) is 1. The topological polar surface area (TPSA) is 73.4 Å². The van der Waals surface area contributed by atoms with Crippen molar-refractivity contribution >= 4 is 5.91 Å². The fraction of sp³-hybridized carbons (Fsp3) is 0.444. The van der Waals surface area contributed by atoms with Gasteiger partial charge in [-0.05, 0) is 63.2 Å². The average Bonchev–Trinajstić information content (AvgIpc) is 3.00. The molecular weight excluding hydrogens is 304 g/mol. The lowest BCUT2D eigenvalue weighted by molar-refractivity contribution is 0.1000. The van der Waals surface area contributed by atoms with Gasteiger partial charge in [-0.2, -0.15) is 5.10 Å². The first-order chi connectivity index (χ1) is 11.5. The summed E-state index contributed by atoms with van der Waals surface area (Å²) >= 11 is 0. The van der Waals surface area contributed by atoms with Crippen LogP contribution in [-0.4, -0.2) is 47.3 Å². The molecule has 24 heavy (non-hydrogen) atoms. The number of likely N-dealkylation sites (tertiary alicyclic amines) is 1. The number of rotatable bonds is 5. The number of carbonyl (C=O) groups excluding carboxylic acids is 1. The van der Waals surface area contributed by atoms with Crippen LogP contribution in [0.15, 0.2) is 30.5 Å². The van der Waals surface area contributed by atoms with Gasteiger partial charge >= 0.3 is 0 Å². The van der Waals surface area contributed by atoms with Gasteiger partial charge in [0.25, 0.3) is 0 Å². The molecule has 0 aliphatic carbocycles. The Morgan fingerprint density at radius 1 is 1.29 bits per heavy atom. The van der Waals surface area contributed by atoms with E-state index >= 15 is 0 Å². The molecule has 0 atom stereocenters. The first-order valence-corrected chi connectivity index (χ1v) is 8.28. The van der Waals surface area contributed by atoms with Crippen molar-refractivity contribution in [2.75, 3.05) is 26.7 Å². The smallest absolute Gasteiger partial charge is 0.248 e. The molecule has 1 fully saturated rings. The zero-order valence-electron chi connectivity index (χ0n) is 14.2. The summed E-state index contributed by atoms with van der Waals surface area (Å²) < 4.78 is 7.88. The van der Waals surface area contributed by atoms with Gasteiger partial charge in [-0.3, -0.25) is 9.48 Å². The van der Waals surface area contributed by atoms with Crippen LogP contribution in [0.2, 0.25) is 0 Å². The van der Waals surface area contributed by atoms with Crippen molar-refractivity contribution in [3.8, 4) is 17.0 Å². The number of piperidine rings is 1. The number of amides is 1. The van der Waals surface area contributed by atoms with E-state index in [1.165, 1.54) is 0 Å². The molecule has 1 amide bonds. The zero-order chi connectivity index (χ0) is 17.1. The highest BCUT2D eigenvalue weighted by Gasteiger charge is 2.19. The van der Waals surface area contributed by atoms with Gasteiger partial charge in [0.2, 0.25) is 5.91 Å². The van der Waals surface area contributed by atoms with Crippen molar-refractivity contribution in [3.05, 3.63) is 36.0 Å². The molecule has 2 N–H and O–H groups in total. The number of ether oxygens (including phenoxy) is 1. The molecule has 1 aliphatic rings. The van der Waals surface area contributed by atoms with Gasteiger partial charge in [-0.1, -0.05) is 0 Å². The molecule has 0 saturated carbocycles. The van der Waals surface area contributed by atoms with E-state index in [1.807, 2.05) is 19.2 Å². The molecule has 1 aromatic carbocycles. The highest BCUT2D eigenvalue weighted by Crippen LogP contribution is 2.31. The third kappa shape index (κ3) is 3.59. The molecule has 0 bridgehead atoms. The molecule has 6 nitrogen and oxygen atoms in total. The van der Waals surface area contributed by atoms with Gasteiger partial charge in [-0.15, -0.1) is 0 Å². The third-order valence-electron chi connectivity index (χ3n) is 4.67. The van der Waals surface area contributed by atoms with Crippen LogP contribution in [0.1, 0.15) is 23.2 Å². The largest absolute Gasteiger partial charge is 0.493 e. The molecule has 1 saturated heterocycles. The third-order valence-corrected chi connectivity index (χ3v) is 4.67. The van der Waals surface area contributed by atoms with Crippen LogP contribution in [0, 0.1) is 5.92 Å². The Bertz CT molecular complexity index is 718. The van der Waals surface area contributed by atoms with E-state index in [4.69, 9.17) is 10.5 Å². The van der Waals surface area contributed by atoms with Crippen molar-refractivity contribution in [1.82, 2.24) is 14.7 Å². The minimum atomic E-state index is -0.444. The van der Waals surface area contributed by atoms with Gasteiger partial charge in [0, 0.05) is 24.4 Å². The van der Waals surface area contributed by atoms with Crippen LogP contribution < -0.4 is 10.5 Å². The Morgan fingerprint density at radius 2 is 2.04 bits per heavy atom. The SMILES string of the molecule is CN1CCC(COc2ccc(C(N)=O)cc2-c2ccnn2C)CC1. The average molecular weight is 328 g/mol. The molecule has 0 radical (unpaired) electrons. The number of primary amides is 1. The second-order valence-electron chi connectivity index (χ2n) is 6.47. The lowest BCUT2D eigenvalue weighted by Gasteiger charge is -2.29. The summed E-state index contributed by atoms with van der Waals surface area (Å²) in [4.78, 5) is 13.9. The van der Waals surface area contributed by atoms with E-state index in [1.54, 1.807) is 23.0 Å². The van der Waals surface area contributed by atoms with Gasteiger partial charge in [-0.25, -0.2) is 0 Å². The molecule has 3 rings (SSSR count). The van der Waals surface area contributed by atoms with Gasteiger partial charge in [0.05, 0.1) is 12.3 Å². The normalized spacial score (nSPS) is 16.2. The first kappa shape index (κ1) is 16.5. The lowest BCUT2D eigenvalue weighted by atomic mass is 9.98. The van der Waals surface area contributed by atoms with Gasteiger partial charge in [0.1, 0.15) is 5.75 Å². The molecular formula is C18H24N4O2. The van der Waals surface area contributed by atoms with E-state index in [0.29, 0.717) is 18.1 Å². The summed E-state index contributed by atoms with van der Waals surface area (Å²) in [5, 5.41) is 4.21. The second kappa shape index (κ2) is 7.05. The van der Waals surface area contributed by atoms with Crippen molar-refractivity contribution in [2.24, 2.45) is 18.7 Å². The van der Waals surface area contributed by atoms with Crippen LogP contribution in [0.5, 0.6) is 5.75 Å². The molecule has 6 heteroatoms. The van der Waals surface area contributed by atoms with Gasteiger partial charge in [0.15, 0.2) is 0 Å². The zero-order valence-corrected chi connectivity index (χ0v) is 14.2. The molecule has 2 heterocycles. The number of hydrogen-bond acceptors (Lipinski definition) is 4. The number of aromatic nitrogens is 2. The number of benzene rings is 1. The molecule has 2 aromatic rings. The number of carbonyl (C=O) groups is 1. The van der Waals surface area contributed by atoms with Crippen LogP contribution in [0.25, 0.3) is 11.3 Å². The predicted octanol–water partition coefficient (Wildman–Crippen LogP) is 1.91. The van der Waals surface area contributed by atoms with E-state index in [0.717, 1.165) is 42.9 Å². The summed E-state index contributed by atoms with van der Waals surface area (Å²) in [5.74, 6) is 0.888. The van der Waals surface area contributed by atoms with Crippen molar-refractivity contribution in [1.29, 1.82) is 0 Å². The second-order valence-corrected chi connectivity index (χ2v) is 6.47. The molecule has 0 unspecified atom stereocenters.